The van der Waals surface area contributed by atoms with Crippen molar-refractivity contribution in [3.8, 4) is 0 Å². The van der Waals surface area contributed by atoms with Crippen LogP contribution in [-0.4, -0.2) is 33.7 Å². The largest absolute Gasteiger partial charge is 0.324 e. The summed E-state index contributed by atoms with van der Waals surface area (Å²) in [6.07, 6.45) is 1.10. The first-order valence-corrected chi connectivity index (χ1v) is 8.34. The highest BCUT2D eigenvalue weighted by molar-refractivity contribution is 9.10. The van der Waals surface area contributed by atoms with Crippen molar-refractivity contribution < 1.29 is 13.2 Å². The second-order valence-corrected chi connectivity index (χ2v) is 6.93. The van der Waals surface area contributed by atoms with Gasteiger partial charge in [0.05, 0.1) is 6.26 Å². The van der Waals surface area contributed by atoms with Crippen LogP contribution in [-0.2, 0) is 14.8 Å². The molecule has 0 aliphatic carbocycles. The van der Waals surface area contributed by atoms with Crippen LogP contribution in [0.1, 0.15) is 11.6 Å². The normalized spacial score (nSPS) is 18.2. The highest BCUT2D eigenvalue weighted by Gasteiger charge is 2.31. The lowest BCUT2D eigenvalue weighted by Crippen LogP contribution is -2.35. The van der Waals surface area contributed by atoms with Crippen molar-refractivity contribution >= 4 is 37.5 Å². The lowest BCUT2D eigenvalue weighted by Gasteiger charge is -2.12. The highest BCUT2D eigenvalue weighted by Crippen LogP contribution is 2.36. The minimum atomic E-state index is -3.20. The zero-order valence-electron chi connectivity index (χ0n) is 10.2. The smallest absolute Gasteiger partial charge is 0.246 e. The number of sulfonamides is 1. The van der Waals surface area contributed by atoms with Crippen LogP contribution in [0.2, 0.25) is 0 Å². The molecule has 0 radical (unpaired) electrons. The number of nitrogens with one attached hydrogen (secondary N) is 3. The second kappa shape index (κ2) is 5.58. The molecule has 1 atom stereocenters. The summed E-state index contributed by atoms with van der Waals surface area (Å²) in [6, 6.07) is 5.07. The minimum Gasteiger partial charge on any atom is -0.324 e. The zero-order valence-corrected chi connectivity index (χ0v) is 12.6. The van der Waals surface area contributed by atoms with Crippen LogP contribution in [0.15, 0.2) is 22.7 Å². The molecule has 1 heterocycles. The Bertz CT molecular complexity index is 603. The molecule has 0 bridgehead atoms. The van der Waals surface area contributed by atoms with Gasteiger partial charge in [-0.3, -0.25) is 4.79 Å². The minimum absolute atomic E-state index is 0.138. The molecule has 0 spiro atoms. The van der Waals surface area contributed by atoms with Crippen LogP contribution < -0.4 is 15.4 Å². The third-order valence-corrected chi connectivity index (χ3v) is 4.12. The van der Waals surface area contributed by atoms with Crippen LogP contribution in [0.25, 0.3) is 0 Å². The summed E-state index contributed by atoms with van der Waals surface area (Å²) in [5.41, 5.74) is 1.62. The number of amides is 1. The molecule has 0 saturated heterocycles. The number of hydrogen-bond donors (Lipinski definition) is 3. The number of halogens is 1. The molecule has 0 saturated carbocycles. The van der Waals surface area contributed by atoms with E-state index in [1.165, 1.54) is 0 Å². The SMILES string of the molecule is CS(=O)(=O)NCCNC1C(=O)Nc2cccc(Br)c21. The van der Waals surface area contributed by atoms with Crippen LogP contribution in [0.5, 0.6) is 0 Å². The molecule has 104 valence electrons. The van der Waals surface area contributed by atoms with Gasteiger partial charge in [0.15, 0.2) is 0 Å². The van der Waals surface area contributed by atoms with Crippen molar-refractivity contribution in [2.24, 2.45) is 0 Å². The van der Waals surface area contributed by atoms with Gasteiger partial charge in [-0.1, -0.05) is 22.0 Å². The van der Waals surface area contributed by atoms with Gasteiger partial charge in [-0.2, -0.15) is 0 Å². The van der Waals surface area contributed by atoms with Gasteiger partial charge >= 0.3 is 0 Å². The van der Waals surface area contributed by atoms with E-state index in [0.717, 1.165) is 22.0 Å². The van der Waals surface area contributed by atoms with Crippen molar-refractivity contribution in [3.63, 3.8) is 0 Å². The Morgan fingerprint density at radius 1 is 1.37 bits per heavy atom. The lowest BCUT2D eigenvalue weighted by atomic mass is 10.1. The van der Waals surface area contributed by atoms with Crippen molar-refractivity contribution in [3.05, 3.63) is 28.2 Å². The Labute approximate surface area is 120 Å². The first kappa shape index (κ1) is 14.4. The average molecular weight is 348 g/mol. The van der Waals surface area contributed by atoms with E-state index in [9.17, 15) is 13.2 Å². The van der Waals surface area contributed by atoms with Crippen molar-refractivity contribution in [1.82, 2.24) is 10.0 Å². The van der Waals surface area contributed by atoms with Gasteiger partial charge in [0.1, 0.15) is 6.04 Å². The van der Waals surface area contributed by atoms with E-state index in [2.05, 4.69) is 31.3 Å². The topological polar surface area (TPSA) is 87.3 Å². The molecular formula is C11H14BrN3O3S. The molecule has 1 amide bonds. The standard InChI is InChI=1S/C11H14BrN3O3S/c1-19(17,18)14-6-5-13-10-9-7(12)3-2-4-8(9)15-11(10)16/h2-4,10,13-14H,5-6H2,1H3,(H,15,16). The van der Waals surface area contributed by atoms with Crippen molar-refractivity contribution in [1.29, 1.82) is 0 Å². The van der Waals surface area contributed by atoms with E-state index in [-0.39, 0.29) is 12.5 Å². The summed E-state index contributed by atoms with van der Waals surface area (Å²) in [5, 5.41) is 5.81. The Balaban J connectivity index is 2.01. The van der Waals surface area contributed by atoms with Crippen LogP contribution in [0.4, 0.5) is 5.69 Å². The monoisotopic (exact) mass is 347 g/mol. The van der Waals surface area contributed by atoms with Gasteiger partial charge in [0.25, 0.3) is 0 Å². The Morgan fingerprint density at radius 3 is 2.79 bits per heavy atom. The van der Waals surface area contributed by atoms with E-state index in [1.54, 1.807) is 0 Å². The molecule has 2 rings (SSSR count). The Kier molecular flexibility index (Phi) is 4.24. The number of hydrogen-bond acceptors (Lipinski definition) is 4. The number of benzene rings is 1. The number of rotatable bonds is 5. The van der Waals surface area contributed by atoms with E-state index in [0.29, 0.717) is 6.54 Å². The fraction of sp³-hybridized carbons (Fsp3) is 0.364. The summed E-state index contributed by atoms with van der Waals surface area (Å²) in [4.78, 5) is 11.8. The third kappa shape index (κ3) is 3.53. The van der Waals surface area contributed by atoms with Crippen LogP contribution in [0.3, 0.4) is 0 Å². The van der Waals surface area contributed by atoms with Gasteiger partial charge in [-0.15, -0.1) is 0 Å². The van der Waals surface area contributed by atoms with Gasteiger partial charge in [0, 0.05) is 28.8 Å². The Hall–Kier alpha value is -0.960. The molecule has 1 unspecified atom stereocenters. The van der Waals surface area contributed by atoms with E-state index in [1.807, 2.05) is 18.2 Å². The van der Waals surface area contributed by atoms with Crippen LogP contribution in [0, 0.1) is 0 Å². The Morgan fingerprint density at radius 2 is 2.11 bits per heavy atom. The van der Waals surface area contributed by atoms with E-state index in [4.69, 9.17) is 0 Å². The number of carbonyl (C=O) groups excluding carboxylic acids is 1. The summed E-state index contributed by atoms with van der Waals surface area (Å²) in [7, 11) is -3.20. The maximum atomic E-state index is 11.8. The maximum Gasteiger partial charge on any atom is 0.246 e. The first-order valence-electron chi connectivity index (χ1n) is 5.66. The second-order valence-electron chi connectivity index (χ2n) is 4.24. The quantitative estimate of drug-likeness (QED) is 0.680. The summed E-state index contributed by atoms with van der Waals surface area (Å²) in [6.45, 7) is 0.605. The maximum absolute atomic E-state index is 11.8. The van der Waals surface area contributed by atoms with Crippen LogP contribution >= 0.6 is 15.9 Å². The molecule has 1 aliphatic rings. The predicted octanol–water partition coefficient (Wildman–Crippen LogP) is 0.581. The van der Waals surface area contributed by atoms with Crippen molar-refractivity contribution in [2.45, 2.75) is 6.04 Å². The molecule has 0 aromatic heterocycles. The number of anilines is 1. The van der Waals surface area contributed by atoms with Gasteiger partial charge < -0.3 is 10.6 Å². The van der Waals surface area contributed by atoms with Gasteiger partial charge in [0.2, 0.25) is 15.9 Å². The fourth-order valence-electron chi connectivity index (χ4n) is 1.92. The van der Waals surface area contributed by atoms with Gasteiger partial charge in [-0.05, 0) is 12.1 Å². The van der Waals surface area contributed by atoms with Crippen molar-refractivity contribution in [2.75, 3.05) is 24.7 Å². The molecule has 0 fully saturated rings. The fourth-order valence-corrected chi connectivity index (χ4v) is 2.99. The molecule has 1 aromatic rings. The zero-order chi connectivity index (χ0) is 14.0. The molecule has 3 N–H and O–H groups in total. The molecule has 1 aromatic carbocycles. The molecule has 1 aliphatic heterocycles. The number of carbonyl (C=O) groups is 1. The predicted molar refractivity (Wildman–Crippen MR) is 76.4 cm³/mol. The van der Waals surface area contributed by atoms with E-state index < -0.39 is 16.1 Å². The lowest BCUT2D eigenvalue weighted by molar-refractivity contribution is -0.117. The molecule has 19 heavy (non-hydrogen) atoms. The first-order chi connectivity index (χ1) is 8.88. The highest BCUT2D eigenvalue weighted by atomic mass is 79.9. The summed E-state index contributed by atoms with van der Waals surface area (Å²) < 4.78 is 25.0. The number of fused-ring (bicyclic) bond motifs is 1. The summed E-state index contributed by atoms with van der Waals surface area (Å²) >= 11 is 3.41. The average Bonchev–Trinajstić information content (AvgIpc) is 2.61. The third-order valence-electron chi connectivity index (χ3n) is 2.70. The molecule has 8 heteroatoms. The molecule has 6 nitrogen and oxygen atoms in total. The van der Waals surface area contributed by atoms with Gasteiger partial charge in [-0.25, -0.2) is 13.1 Å². The molecular weight excluding hydrogens is 334 g/mol. The van der Waals surface area contributed by atoms with E-state index >= 15 is 0 Å². The summed E-state index contributed by atoms with van der Waals surface area (Å²) in [5.74, 6) is -0.138.